The Balaban J connectivity index is 1.71. The number of piperidine rings is 1. The molecule has 2 heterocycles. The first-order valence-corrected chi connectivity index (χ1v) is 7.34. The van der Waals surface area contributed by atoms with Crippen molar-refractivity contribution in [1.29, 1.82) is 0 Å². The van der Waals surface area contributed by atoms with Crippen LogP contribution in [0.5, 0.6) is 0 Å². The van der Waals surface area contributed by atoms with Crippen molar-refractivity contribution in [2.45, 2.75) is 57.7 Å². The first-order chi connectivity index (χ1) is 8.16. The Morgan fingerprint density at radius 2 is 1.94 bits per heavy atom. The molecule has 0 saturated carbocycles. The predicted octanol–water partition coefficient (Wildman–Crippen LogP) is 1.54. The molecular weight excluding hydrogens is 210 g/mol. The molecule has 0 aromatic carbocycles. The Morgan fingerprint density at radius 3 is 2.47 bits per heavy atom. The van der Waals surface area contributed by atoms with Gasteiger partial charge in [0.15, 0.2) is 0 Å². The van der Waals surface area contributed by atoms with Crippen LogP contribution in [0.1, 0.15) is 39.5 Å². The van der Waals surface area contributed by atoms with Gasteiger partial charge in [-0.05, 0) is 66.2 Å². The molecule has 0 bridgehead atoms. The first-order valence-electron chi connectivity index (χ1n) is 7.34. The molecule has 0 aromatic heterocycles. The number of likely N-dealkylation sites (N-methyl/N-ethyl adjacent to an activating group) is 1. The van der Waals surface area contributed by atoms with E-state index in [2.05, 4.69) is 36.0 Å². The highest BCUT2D eigenvalue weighted by atomic mass is 15.2. The minimum Gasteiger partial charge on any atom is -0.313 e. The normalized spacial score (nSPS) is 28.4. The SMILES string of the molecule is CC(C)N1CCC(N(C)CC2CCCN2)CC1. The molecule has 17 heavy (non-hydrogen) atoms. The van der Waals surface area contributed by atoms with Gasteiger partial charge < -0.3 is 15.1 Å². The fourth-order valence-electron chi connectivity index (χ4n) is 3.25. The van der Waals surface area contributed by atoms with Gasteiger partial charge in [0.05, 0.1) is 0 Å². The van der Waals surface area contributed by atoms with Crippen LogP contribution in [0, 0.1) is 0 Å². The minimum absolute atomic E-state index is 0.720. The molecule has 2 aliphatic rings. The third-order valence-corrected chi connectivity index (χ3v) is 4.52. The maximum atomic E-state index is 3.60. The van der Waals surface area contributed by atoms with Crippen LogP contribution in [0.4, 0.5) is 0 Å². The van der Waals surface area contributed by atoms with Crippen LogP contribution in [0.3, 0.4) is 0 Å². The fraction of sp³-hybridized carbons (Fsp3) is 1.00. The Bertz CT molecular complexity index is 216. The summed E-state index contributed by atoms with van der Waals surface area (Å²) in [4.78, 5) is 5.21. The van der Waals surface area contributed by atoms with Crippen molar-refractivity contribution in [2.24, 2.45) is 0 Å². The maximum Gasteiger partial charge on any atom is 0.0195 e. The van der Waals surface area contributed by atoms with Gasteiger partial charge in [0.1, 0.15) is 0 Å². The molecule has 1 unspecified atom stereocenters. The Morgan fingerprint density at radius 1 is 1.24 bits per heavy atom. The average molecular weight is 239 g/mol. The van der Waals surface area contributed by atoms with Crippen molar-refractivity contribution in [3.05, 3.63) is 0 Å². The number of hydrogen-bond donors (Lipinski definition) is 1. The molecular formula is C14H29N3. The lowest BCUT2D eigenvalue weighted by Gasteiger charge is -2.39. The van der Waals surface area contributed by atoms with Crippen LogP contribution in [0.25, 0.3) is 0 Å². The molecule has 1 atom stereocenters. The minimum atomic E-state index is 0.720. The van der Waals surface area contributed by atoms with E-state index in [9.17, 15) is 0 Å². The summed E-state index contributed by atoms with van der Waals surface area (Å²) in [6.07, 6.45) is 5.43. The highest BCUT2D eigenvalue weighted by molar-refractivity contribution is 4.83. The highest BCUT2D eigenvalue weighted by Crippen LogP contribution is 2.18. The lowest BCUT2D eigenvalue weighted by atomic mass is 10.0. The molecule has 0 aromatic rings. The van der Waals surface area contributed by atoms with Crippen molar-refractivity contribution < 1.29 is 0 Å². The van der Waals surface area contributed by atoms with E-state index in [0.29, 0.717) is 0 Å². The van der Waals surface area contributed by atoms with Crippen LogP contribution < -0.4 is 5.32 Å². The molecule has 0 spiro atoms. The molecule has 2 rings (SSSR count). The number of nitrogens with zero attached hydrogens (tertiary/aromatic N) is 2. The van der Waals surface area contributed by atoms with E-state index in [1.54, 1.807) is 0 Å². The zero-order chi connectivity index (χ0) is 12.3. The van der Waals surface area contributed by atoms with Crippen LogP contribution >= 0.6 is 0 Å². The van der Waals surface area contributed by atoms with Gasteiger partial charge in [-0.2, -0.15) is 0 Å². The molecule has 1 N–H and O–H groups in total. The standard InChI is InChI=1S/C14H29N3/c1-12(2)17-9-6-14(7-10-17)16(3)11-13-5-4-8-15-13/h12-15H,4-11H2,1-3H3. The van der Waals surface area contributed by atoms with Crippen LogP contribution in [-0.2, 0) is 0 Å². The molecule has 100 valence electrons. The van der Waals surface area contributed by atoms with Crippen molar-refractivity contribution in [2.75, 3.05) is 33.2 Å². The van der Waals surface area contributed by atoms with Gasteiger partial charge in [0, 0.05) is 24.7 Å². The third kappa shape index (κ3) is 3.67. The topological polar surface area (TPSA) is 18.5 Å². The van der Waals surface area contributed by atoms with Crippen LogP contribution in [0.15, 0.2) is 0 Å². The molecule has 3 nitrogen and oxygen atoms in total. The number of rotatable bonds is 4. The lowest BCUT2D eigenvalue weighted by molar-refractivity contribution is 0.103. The summed E-state index contributed by atoms with van der Waals surface area (Å²) in [6, 6.07) is 2.29. The first kappa shape index (κ1) is 13.3. The summed E-state index contributed by atoms with van der Waals surface area (Å²) in [5, 5.41) is 3.60. The highest BCUT2D eigenvalue weighted by Gasteiger charge is 2.25. The average Bonchev–Trinajstić information content (AvgIpc) is 2.82. The van der Waals surface area contributed by atoms with E-state index < -0.39 is 0 Å². The second kappa shape index (κ2) is 6.17. The largest absolute Gasteiger partial charge is 0.313 e. The van der Waals surface area contributed by atoms with Crippen LogP contribution in [-0.4, -0.2) is 61.2 Å². The van der Waals surface area contributed by atoms with Crippen LogP contribution in [0.2, 0.25) is 0 Å². The molecule has 2 aliphatic heterocycles. The smallest absolute Gasteiger partial charge is 0.0195 e. The molecule has 0 radical (unpaired) electrons. The van der Waals surface area contributed by atoms with Gasteiger partial charge in [0.2, 0.25) is 0 Å². The van der Waals surface area contributed by atoms with E-state index in [1.807, 2.05) is 0 Å². The molecule has 0 aliphatic carbocycles. The van der Waals surface area contributed by atoms with Gasteiger partial charge in [-0.25, -0.2) is 0 Å². The van der Waals surface area contributed by atoms with Crippen molar-refractivity contribution >= 4 is 0 Å². The second-order valence-corrected chi connectivity index (χ2v) is 6.09. The zero-order valence-electron chi connectivity index (χ0n) is 11.8. The van der Waals surface area contributed by atoms with Gasteiger partial charge in [0.25, 0.3) is 0 Å². The van der Waals surface area contributed by atoms with E-state index in [0.717, 1.165) is 18.1 Å². The number of likely N-dealkylation sites (tertiary alicyclic amines) is 1. The van der Waals surface area contributed by atoms with Gasteiger partial charge in [-0.1, -0.05) is 0 Å². The molecule has 0 amide bonds. The quantitative estimate of drug-likeness (QED) is 0.803. The summed E-state index contributed by atoms with van der Waals surface area (Å²) >= 11 is 0. The van der Waals surface area contributed by atoms with Gasteiger partial charge in [-0.3, -0.25) is 0 Å². The van der Waals surface area contributed by atoms with E-state index in [-0.39, 0.29) is 0 Å². The maximum absolute atomic E-state index is 3.60. The predicted molar refractivity (Wildman–Crippen MR) is 73.4 cm³/mol. The number of hydrogen-bond acceptors (Lipinski definition) is 3. The van der Waals surface area contributed by atoms with Gasteiger partial charge in [-0.15, -0.1) is 0 Å². The van der Waals surface area contributed by atoms with Gasteiger partial charge >= 0.3 is 0 Å². The van der Waals surface area contributed by atoms with Crippen molar-refractivity contribution in [3.8, 4) is 0 Å². The monoisotopic (exact) mass is 239 g/mol. The second-order valence-electron chi connectivity index (χ2n) is 6.09. The zero-order valence-corrected chi connectivity index (χ0v) is 11.8. The summed E-state index contributed by atoms with van der Waals surface area (Å²) < 4.78 is 0. The van der Waals surface area contributed by atoms with Crippen molar-refractivity contribution in [3.63, 3.8) is 0 Å². The van der Waals surface area contributed by atoms with E-state index in [4.69, 9.17) is 0 Å². The third-order valence-electron chi connectivity index (χ3n) is 4.52. The molecule has 3 heteroatoms. The van der Waals surface area contributed by atoms with Crippen molar-refractivity contribution in [1.82, 2.24) is 15.1 Å². The summed E-state index contributed by atoms with van der Waals surface area (Å²) in [5.74, 6) is 0. The molecule has 2 saturated heterocycles. The summed E-state index contributed by atoms with van der Waals surface area (Å²) in [7, 11) is 2.32. The Hall–Kier alpha value is -0.120. The van der Waals surface area contributed by atoms with E-state index >= 15 is 0 Å². The Labute approximate surface area is 107 Å². The number of nitrogens with one attached hydrogen (secondary N) is 1. The Kier molecular flexibility index (Phi) is 4.83. The van der Waals surface area contributed by atoms with E-state index in [1.165, 1.54) is 51.9 Å². The molecule has 2 fully saturated rings. The fourth-order valence-corrected chi connectivity index (χ4v) is 3.25. The summed E-state index contributed by atoms with van der Waals surface area (Å²) in [6.45, 7) is 9.66. The lowest BCUT2D eigenvalue weighted by Crippen LogP contribution is -2.48. The summed E-state index contributed by atoms with van der Waals surface area (Å²) in [5.41, 5.74) is 0.